The van der Waals surface area contributed by atoms with Gasteiger partial charge < -0.3 is 14.5 Å². The number of amides is 2. The van der Waals surface area contributed by atoms with E-state index in [-0.39, 0.29) is 30.4 Å². The fourth-order valence-corrected chi connectivity index (χ4v) is 4.11. The maximum atomic E-state index is 13.0. The van der Waals surface area contributed by atoms with Crippen molar-refractivity contribution in [2.75, 3.05) is 19.6 Å². The molecule has 2 amide bonds. The molecular formula is C23H26N2O3. The normalized spacial score (nSPS) is 21.9. The third-order valence-electron chi connectivity index (χ3n) is 5.55. The van der Waals surface area contributed by atoms with E-state index in [1.165, 1.54) is 0 Å². The van der Waals surface area contributed by atoms with Crippen LogP contribution in [0.1, 0.15) is 36.0 Å². The molecule has 0 saturated carbocycles. The summed E-state index contributed by atoms with van der Waals surface area (Å²) in [7, 11) is 0. The summed E-state index contributed by atoms with van der Waals surface area (Å²) in [4.78, 5) is 29.0. The van der Waals surface area contributed by atoms with Crippen molar-refractivity contribution < 1.29 is 14.3 Å². The van der Waals surface area contributed by atoms with Gasteiger partial charge in [-0.15, -0.1) is 0 Å². The van der Waals surface area contributed by atoms with Crippen molar-refractivity contribution in [2.24, 2.45) is 0 Å². The number of hydrogen-bond donors (Lipinski definition) is 0. The molecule has 2 heterocycles. The third kappa shape index (κ3) is 3.88. The molecule has 0 radical (unpaired) electrons. The maximum Gasteiger partial charge on any atom is 0.242 e. The summed E-state index contributed by atoms with van der Waals surface area (Å²) in [6.07, 6.45) is 0.387. The van der Waals surface area contributed by atoms with Crippen molar-refractivity contribution >= 4 is 11.8 Å². The topological polar surface area (TPSA) is 49.9 Å². The average Bonchev–Trinajstić information content (AvgIpc) is 2.95. The van der Waals surface area contributed by atoms with Crippen LogP contribution in [0, 0.1) is 6.92 Å². The van der Waals surface area contributed by atoms with Gasteiger partial charge in [0.05, 0.1) is 13.1 Å². The van der Waals surface area contributed by atoms with Crippen molar-refractivity contribution in [3.8, 4) is 5.75 Å². The van der Waals surface area contributed by atoms with E-state index in [0.29, 0.717) is 26.1 Å². The second kappa shape index (κ2) is 7.66. The minimum absolute atomic E-state index is 0.0214. The Balaban J connectivity index is 1.45. The van der Waals surface area contributed by atoms with Crippen LogP contribution in [0.2, 0.25) is 0 Å². The lowest BCUT2D eigenvalue weighted by Gasteiger charge is -2.25. The highest BCUT2D eigenvalue weighted by Gasteiger charge is 2.33. The molecule has 28 heavy (non-hydrogen) atoms. The zero-order valence-corrected chi connectivity index (χ0v) is 16.4. The van der Waals surface area contributed by atoms with Gasteiger partial charge in [-0.05, 0) is 25.5 Å². The van der Waals surface area contributed by atoms with Gasteiger partial charge in [0.25, 0.3) is 0 Å². The maximum absolute atomic E-state index is 13.0. The van der Waals surface area contributed by atoms with E-state index >= 15 is 0 Å². The summed E-state index contributed by atoms with van der Waals surface area (Å²) >= 11 is 0. The van der Waals surface area contributed by atoms with E-state index in [1.807, 2.05) is 49.1 Å². The monoisotopic (exact) mass is 378 g/mol. The summed E-state index contributed by atoms with van der Waals surface area (Å²) in [5.41, 5.74) is 3.32. The van der Waals surface area contributed by atoms with Crippen LogP contribution >= 0.6 is 0 Å². The van der Waals surface area contributed by atoms with E-state index < -0.39 is 0 Å². The van der Waals surface area contributed by atoms with Gasteiger partial charge >= 0.3 is 0 Å². The first-order valence-corrected chi connectivity index (χ1v) is 9.86. The number of carbonyl (C=O) groups is 2. The van der Waals surface area contributed by atoms with Crippen LogP contribution in [-0.2, 0) is 16.1 Å². The molecule has 5 nitrogen and oxygen atoms in total. The highest BCUT2D eigenvalue weighted by Crippen LogP contribution is 2.29. The second-order valence-corrected chi connectivity index (χ2v) is 7.90. The standard InChI is InChI=1S/C23H26N2O3/c1-16-8-9-21-20(10-16)14-24(12-17(2)28-21)23(27)15-25-13-19(11-22(25)26)18-6-4-3-5-7-18/h3-10,17,19H,11-15H2,1-2H3. The summed E-state index contributed by atoms with van der Waals surface area (Å²) < 4.78 is 5.98. The van der Waals surface area contributed by atoms with E-state index in [0.717, 1.165) is 22.4 Å². The van der Waals surface area contributed by atoms with Crippen molar-refractivity contribution in [2.45, 2.75) is 38.8 Å². The SMILES string of the molecule is Cc1ccc2c(c1)CN(C(=O)CN1CC(c3ccccc3)CC1=O)CC(C)O2. The fraction of sp³-hybridized carbons (Fsp3) is 0.391. The number of aryl methyl sites for hydroxylation is 1. The van der Waals surface area contributed by atoms with Crippen LogP contribution in [-0.4, -0.2) is 47.4 Å². The molecule has 0 spiro atoms. The number of rotatable bonds is 3. The molecule has 0 N–H and O–H groups in total. The average molecular weight is 378 g/mol. The molecule has 2 unspecified atom stereocenters. The minimum atomic E-state index is -0.0840. The summed E-state index contributed by atoms with van der Waals surface area (Å²) in [5.74, 6) is 1.04. The highest BCUT2D eigenvalue weighted by molar-refractivity contribution is 5.86. The molecule has 1 saturated heterocycles. The van der Waals surface area contributed by atoms with Crippen LogP contribution in [0.5, 0.6) is 5.75 Å². The largest absolute Gasteiger partial charge is 0.489 e. The van der Waals surface area contributed by atoms with Gasteiger partial charge in [-0.25, -0.2) is 0 Å². The van der Waals surface area contributed by atoms with E-state index in [4.69, 9.17) is 4.74 Å². The molecule has 0 aliphatic carbocycles. The summed E-state index contributed by atoms with van der Waals surface area (Å²) in [6.45, 7) is 5.79. The molecule has 2 aromatic rings. The van der Waals surface area contributed by atoms with Gasteiger partial charge in [0.15, 0.2) is 0 Å². The fourth-order valence-electron chi connectivity index (χ4n) is 4.11. The number of likely N-dealkylation sites (tertiary alicyclic amines) is 1. The van der Waals surface area contributed by atoms with Gasteiger partial charge in [-0.3, -0.25) is 9.59 Å². The van der Waals surface area contributed by atoms with Crippen LogP contribution in [0.25, 0.3) is 0 Å². The molecule has 2 atom stereocenters. The Labute approximate surface area is 165 Å². The summed E-state index contributed by atoms with van der Waals surface area (Å²) in [6, 6.07) is 16.1. The molecule has 2 aromatic carbocycles. The number of benzene rings is 2. The zero-order valence-electron chi connectivity index (χ0n) is 16.4. The number of fused-ring (bicyclic) bond motifs is 1. The smallest absolute Gasteiger partial charge is 0.242 e. The molecular weight excluding hydrogens is 352 g/mol. The molecule has 2 aliphatic heterocycles. The lowest BCUT2D eigenvalue weighted by molar-refractivity contribution is -0.139. The minimum Gasteiger partial charge on any atom is -0.489 e. The molecule has 146 valence electrons. The first-order chi connectivity index (χ1) is 13.5. The third-order valence-corrected chi connectivity index (χ3v) is 5.55. The quantitative estimate of drug-likeness (QED) is 0.825. The molecule has 0 bridgehead atoms. The molecule has 1 fully saturated rings. The summed E-state index contributed by atoms with van der Waals surface area (Å²) in [5, 5.41) is 0. The Morgan fingerprint density at radius 1 is 1.14 bits per heavy atom. The Morgan fingerprint density at radius 3 is 2.71 bits per heavy atom. The predicted octanol–water partition coefficient (Wildman–Crippen LogP) is 3.12. The lowest BCUT2D eigenvalue weighted by Crippen LogP contribution is -2.43. The first kappa shape index (κ1) is 18.5. The Morgan fingerprint density at radius 2 is 1.93 bits per heavy atom. The van der Waals surface area contributed by atoms with Crippen LogP contribution < -0.4 is 4.74 Å². The second-order valence-electron chi connectivity index (χ2n) is 7.90. The Hall–Kier alpha value is -2.82. The molecule has 4 rings (SSSR count). The van der Waals surface area contributed by atoms with Gasteiger partial charge in [-0.1, -0.05) is 48.0 Å². The van der Waals surface area contributed by atoms with Crippen molar-refractivity contribution in [1.82, 2.24) is 9.80 Å². The van der Waals surface area contributed by atoms with Gasteiger partial charge in [0, 0.05) is 31.0 Å². The number of hydrogen-bond acceptors (Lipinski definition) is 3. The molecule has 0 aromatic heterocycles. The zero-order chi connectivity index (χ0) is 19.7. The van der Waals surface area contributed by atoms with Crippen LogP contribution in [0.3, 0.4) is 0 Å². The van der Waals surface area contributed by atoms with Crippen molar-refractivity contribution in [3.05, 3.63) is 65.2 Å². The van der Waals surface area contributed by atoms with Crippen LogP contribution in [0.15, 0.2) is 48.5 Å². The van der Waals surface area contributed by atoms with E-state index in [9.17, 15) is 9.59 Å². The Bertz CT molecular complexity index is 881. The van der Waals surface area contributed by atoms with Crippen molar-refractivity contribution in [1.29, 1.82) is 0 Å². The Kier molecular flexibility index (Phi) is 5.07. The number of nitrogens with zero attached hydrogens (tertiary/aromatic N) is 2. The van der Waals surface area contributed by atoms with Gasteiger partial charge in [0.2, 0.25) is 11.8 Å². The van der Waals surface area contributed by atoms with Crippen LogP contribution in [0.4, 0.5) is 0 Å². The highest BCUT2D eigenvalue weighted by atomic mass is 16.5. The number of ether oxygens (including phenoxy) is 1. The molecule has 2 aliphatic rings. The molecule has 5 heteroatoms. The van der Waals surface area contributed by atoms with Gasteiger partial charge in [-0.2, -0.15) is 0 Å². The number of carbonyl (C=O) groups excluding carboxylic acids is 2. The van der Waals surface area contributed by atoms with Gasteiger partial charge in [0.1, 0.15) is 11.9 Å². The predicted molar refractivity (Wildman–Crippen MR) is 107 cm³/mol. The van der Waals surface area contributed by atoms with E-state index in [2.05, 4.69) is 18.2 Å². The lowest BCUT2D eigenvalue weighted by atomic mass is 9.99. The first-order valence-electron chi connectivity index (χ1n) is 9.86. The van der Waals surface area contributed by atoms with E-state index in [1.54, 1.807) is 4.90 Å². The van der Waals surface area contributed by atoms with Crippen molar-refractivity contribution in [3.63, 3.8) is 0 Å².